The van der Waals surface area contributed by atoms with Crippen molar-refractivity contribution in [1.29, 1.82) is 0 Å². The highest BCUT2D eigenvalue weighted by Crippen LogP contribution is 2.37. The fourth-order valence-corrected chi connectivity index (χ4v) is 4.14. The molecule has 10 heteroatoms. The SMILES string of the molecule is CN(C)C(=O)c1cc(CC(=O)Oc2ccc(F)cc2)ccc1NC(=O)c1c(-c2ccccc2)cccc1C(F)(F)F. The number of ether oxygens (including phenoxy) is 1. The smallest absolute Gasteiger partial charge is 0.417 e. The Morgan fingerprint density at radius 1 is 0.854 bits per heavy atom. The van der Waals surface area contributed by atoms with E-state index in [0.717, 1.165) is 18.2 Å². The van der Waals surface area contributed by atoms with E-state index in [4.69, 9.17) is 4.74 Å². The van der Waals surface area contributed by atoms with Crippen LogP contribution in [0, 0.1) is 5.82 Å². The van der Waals surface area contributed by atoms with Gasteiger partial charge in [-0.25, -0.2) is 4.39 Å². The van der Waals surface area contributed by atoms with E-state index in [1.54, 1.807) is 30.3 Å². The number of benzene rings is 4. The van der Waals surface area contributed by atoms with Crippen LogP contribution in [0.5, 0.6) is 5.75 Å². The molecule has 0 spiro atoms. The number of carbonyl (C=O) groups is 3. The van der Waals surface area contributed by atoms with Crippen LogP contribution in [0.25, 0.3) is 11.1 Å². The highest BCUT2D eigenvalue weighted by molar-refractivity contribution is 6.12. The molecule has 0 heterocycles. The van der Waals surface area contributed by atoms with Crippen LogP contribution in [0.3, 0.4) is 0 Å². The zero-order chi connectivity index (χ0) is 29.7. The average Bonchev–Trinajstić information content (AvgIpc) is 2.94. The second kappa shape index (κ2) is 12.0. The zero-order valence-corrected chi connectivity index (χ0v) is 22.0. The van der Waals surface area contributed by atoms with Crippen molar-refractivity contribution in [3.63, 3.8) is 0 Å². The number of halogens is 4. The number of hydrogen-bond acceptors (Lipinski definition) is 4. The second-order valence-electron chi connectivity index (χ2n) is 9.23. The third-order valence-corrected chi connectivity index (χ3v) is 6.04. The Balaban J connectivity index is 1.68. The predicted octanol–water partition coefficient (Wildman–Crippen LogP) is 6.61. The molecule has 1 N–H and O–H groups in total. The number of anilines is 1. The summed E-state index contributed by atoms with van der Waals surface area (Å²) < 4.78 is 60.3. The molecule has 0 aliphatic heterocycles. The Kier molecular flexibility index (Phi) is 8.51. The molecule has 0 saturated heterocycles. The van der Waals surface area contributed by atoms with Crippen LogP contribution in [0.1, 0.15) is 31.8 Å². The molecule has 4 aromatic rings. The fraction of sp³-hybridized carbons (Fsp3) is 0.129. The molecule has 0 aliphatic rings. The third kappa shape index (κ3) is 6.96. The van der Waals surface area contributed by atoms with Gasteiger partial charge in [-0.2, -0.15) is 13.2 Å². The van der Waals surface area contributed by atoms with Crippen LogP contribution in [0.2, 0.25) is 0 Å². The predicted molar refractivity (Wildman–Crippen MR) is 145 cm³/mol. The first-order valence-corrected chi connectivity index (χ1v) is 12.3. The van der Waals surface area contributed by atoms with Crippen LogP contribution >= 0.6 is 0 Å². The molecular weight excluding hydrogens is 540 g/mol. The molecule has 4 rings (SSSR count). The molecule has 210 valence electrons. The normalized spacial score (nSPS) is 11.1. The lowest BCUT2D eigenvalue weighted by Gasteiger charge is -2.19. The topological polar surface area (TPSA) is 75.7 Å². The van der Waals surface area contributed by atoms with Crippen molar-refractivity contribution in [3.8, 4) is 16.9 Å². The third-order valence-electron chi connectivity index (χ3n) is 6.04. The number of nitrogens with one attached hydrogen (secondary N) is 1. The van der Waals surface area contributed by atoms with Gasteiger partial charge in [0.05, 0.1) is 28.8 Å². The van der Waals surface area contributed by atoms with E-state index in [0.29, 0.717) is 11.1 Å². The summed E-state index contributed by atoms with van der Waals surface area (Å²) in [5, 5.41) is 2.47. The summed E-state index contributed by atoms with van der Waals surface area (Å²) >= 11 is 0. The monoisotopic (exact) mass is 564 g/mol. The van der Waals surface area contributed by atoms with Gasteiger partial charge in [-0.05, 0) is 59.2 Å². The summed E-state index contributed by atoms with van der Waals surface area (Å²) in [7, 11) is 2.94. The average molecular weight is 565 g/mol. The van der Waals surface area contributed by atoms with E-state index in [9.17, 15) is 31.9 Å². The largest absolute Gasteiger partial charge is 0.426 e. The number of hydrogen-bond donors (Lipinski definition) is 1. The van der Waals surface area contributed by atoms with Gasteiger partial charge in [0, 0.05) is 14.1 Å². The van der Waals surface area contributed by atoms with Crippen LogP contribution in [-0.4, -0.2) is 36.8 Å². The highest BCUT2D eigenvalue weighted by atomic mass is 19.4. The summed E-state index contributed by atoms with van der Waals surface area (Å²) in [5.41, 5.74) is -0.983. The van der Waals surface area contributed by atoms with Gasteiger partial charge < -0.3 is 15.0 Å². The molecule has 0 radical (unpaired) electrons. The number of esters is 1. The van der Waals surface area contributed by atoms with Crippen molar-refractivity contribution >= 4 is 23.5 Å². The first kappa shape index (κ1) is 29.0. The van der Waals surface area contributed by atoms with Gasteiger partial charge in [0.2, 0.25) is 0 Å². The molecule has 0 unspecified atom stereocenters. The summed E-state index contributed by atoms with van der Waals surface area (Å²) in [5.74, 6) is -2.68. The van der Waals surface area contributed by atoms with E-state index in [-0.39, 0.29) is 29.0 Å². The van der Waals surface area contributed by atoms with Crippen LogP contribution in [0.4, 0.5) is 23.2 Å². The van der Waals surface area contributed by atoms with Crippen molar-refractivity contribution < 1.29 is 36.7 Å². The maximum atomic E-state index is 14.0. The van der Waals surface area contributed by atoms with E-state index < -0.39 is 40.9 Å². The number of rotatable bonds is 7. The summed E-state index contributed by atoms with van der Waals surface area (Å²) in [6.07, 6.45) is -5.09. The van der Waals surface area contributed by atoms with Crippen LogP contribution in [0.15, 0.2) is 91.0 Å². The molecule has 6 nitrogen and oxygen atoms in total. The van der Waals surface area contributed by atoms with Gasteiger partial charge in [0.15, 0.2) is 0 Å². The molecule has 0 bridgehead atoms. The van der Waals surface area contributed by atoms with Gasteiger partial charge in [0.25, 0.3) is 11.8 Å². The maximum Gasteiger partial charge on any atom is 0.417 e. The second-order valence-corrected chi connectivity index (χ2v) is 9.23. The molecule has 0 aromatic heterocycles. The number of amides is 2. The standard InChI is InChI=1S/C31H24F4N2O4/c1-37(2)30(40)24-17-19(18-27(38)41-22-14-12-21(32)13-15-22)11-16-26(24)36-29(39)28-23(20-7-4-3-5-8-20)9-6-10-25(28)31(33,34)35/h3-17H,18H2,1-2H3,(H,36,39). The van der Waals surface area contributed by atoms with Crippen molar-refractivity contribution in [2.24, 2.45) is 0 Å². The Hall–Kier alpha value is -4.99. The van der Waals surface area contributed by atoms with E-state index in [1.807, 2.05) is 0 Å². The minimum absolute atomic E-state index is 0.0406. The van der Waals surface area contributed by atoms with Gasteiger partial charge in [-0.1, -0.05) is 48.5 Å². The quantitative estimate of drug-likeness (QED) is 0.156. The van der Waals surface area contributed by atoms with Crippen LogP contribution < -0.4 is 10.1 Å². The van der Waals surface area contributed by atoms with Gasteiger partial charge >= 0.3 is 12.1 Å². The highest BCUT2D eigenvalue weighted by Gasteiger charge is 2.37. The van der Waals surface area contributed by atoms with E-state index in [2.05, 4.69) is 5.32 Å². The molecular formula is C31H24F4N2O4. The Labute approximate surface area is 233 Å². The number of alkyl halides is 3. The Morgan fingerprint density at radius 2 is 1.54 bits per heavy atom. The first-order valence-electron chi connectivity index (χ1n) is 12.3. The molecule has 4 aromatic carbocycles. The summed E-state index contributed by atoms with van der Waals surface area (Å²) in [6, 6.07) is 20.6. The van der Waals surface area contributed by atoms with E-state index in [1.165, 1.54) is 61.5 Å². The molecule has 0 fully saturated rings. The van der Waals surface area contributed by atoms with E-state index >= 15 is 0 Å². The number of carbonyl (C=O) groups excluding carboxylic acids is 3. The Bertz CT molecular complexity index is 1580. The van der Waals surface area contributed by atoms with Crippen molar-refractivity contribution in [2.45, 2.75) is 12.6 Å². The van der Waals surface area contributed by atoms with Gasteiger partial charge in [0.1, 0.15) is 11.6 Å². The molecule has 2 amide bonds. The number of nitrogens with zero attached hydrogens (tertiary/aromatic N) is 1. The molecule has 0 atom stereocenters. The zero-order valence-electron chi connectivity index (χ0n) is 22.0. The fourth-order valence-electron chi connectivity index (χ4n) is 4.14. The Morgan fingerprint density at radius 3 is 2.17 bits per heavy atom. The lowest BCUT2D eigenvalue weighted by atomic mass is 9.94. The minimum Gasteiger partial charge on any atom is -0.426 e. The molecule has 41 heavy (non-hydrogen) atoms. The lowest BCUT2D eigenvalue weighted by molar-refractivity contribution is -0.138. The molecule has 0 saturated carbocycles. The first-order chi connectivity index (χ1) is 19.4. The molecule has 0 aliphatic carbocycles. The maximum absolute atomic E-state index is 14.0. The van der Waals surface area contributed by atoms with Gasteiger partial charge in [-0.3, -0.25) is 14.4 Å². The van der Waals surface area contributed by atoms with Gasteiger partial charge in [-0.15, -0.1) is 0 Å². The van der Waals surface area contributed by atoms with Crippen LogP contribution in [-0.2, 0) is 17.4 Å². The summed E-state index contributed by atoms with van der Waals surface area (Å²) in [4.78, 5) is 40.1. The lowest BCUT2D eigenvalue weighted by Crippen LogP contribution is -2.25. The summed E-state index contributed by atoms with van der Waals surface area (Å²) in [6.45, 7) is 0. The minimum atomic E-state index is -4.82. The van der Waals surface area contributed by atoms with Crippen molar-refractivity contribution in [1.82, 2.24) is 4.90 Å². The van der Waals surface area contributed by atoms with Crippen molar-refractivity contribution in [2.75, 3.05) is 19.4 Å². The van der Waals surface area contributed by atoms with Crippen molar-refractivity contribution in [3.05, 3.63) is 119 Å².